The molecule has 0 aliphatic heterocycles. The fourth-order valence-corrected chi connectivity index (χ4v) is 1.83. The summed E-state index contributed by atoms with van der Waals surface area (Å²) in [7, 11) is 0. The molecule has 0 fully saturated rings. The summed E-state index contributed by atoms with van der Waals surface area (Å²) in [6.07, 6.45) is -1.05. The molecule has 0 aliphatic carbocycles. The van der Waals surface area contributed by atoms with E-state index in [1.165, 1.54) is 12.5 Å². The van der Waals surface area contributed by atoms with Gasteiger partial charge in [0.05, 0.1) is 5.56 Å². The highest BCUT2D eigenvalue weighted by atomic mass is 19.4. The van der Waals surface area contributed by atoms with Crippen molar-refractivity contribution in [1.29, 1.82) is 0 Å². The average molecular weight is 289 g/mol. The Balaban J connectivity index is 2.40. The smallest absolute Gasteiger partial charge is 0.416 e. The lowest BCUT2D eigenvalue weighted by atomic mass is 10.2. The first-order valence-electron chi connectivity index (χ1n) is 6.98. The molecule has 0 amide bonds. The Bertz CT molecular complexity index is 393. The largest absolute Gasteiger partial charge is 0.489 e. The highest BCUT2D eigenvalue weighted by molar-refractivity contribution is 5.30. The summed E-state index contributed by atoms with van der Waals surface area (Å²) in [5, 5.41) is 3.24. The Labute approximate surface area is 118 Å². The van der Waals surface area contributed by atoms with E-state index >= 15 is 0 Å². The SMILES string of the molecule is CCCCCNCC(C)Oc1cccc(C(F)(F)F)c1. The summed E-state index contributed by atoms with van der Waals surface area (Å²) >= 11 is 0. The van der Waals surface area contributed by atoms with Crippen LogP contribution in [0.2, 0.25) is 0 Å². The van der Waals surface area contributed by atoms with Gasteiger partial charge < -0.3 is 10.1 Å². The minimum Gasteiger partial charge on any atom is -0.489 e. The molecule has 0 aromatic heterocycles. The first-order chi connectivity index (χ1) is 9.43. The summed E-state index contributed by atoms with van der Waals surface area (Å²) in [6, 6.07) is 4.98. The van der Waals surface area contributed by atoms with Crippen molar-refractivity contribution in [3.05, 3.63) is 29.8 Å². The molecule has 114 valence electrons. The van der Waals surface area contributed by atoms with Gasteiger partial charge in [-0.1, -0.05) is 25.8 Å². The molecule has 1 rings (SSSR count). The number of halogens is 3. The van der Waals surface area contributed by atoms with E-state index < -0.39 is 11.7 Å². The minimum atomic E-state index is -4.33. The Morgan fingerprint density at radius 1 is 1.25 bits per heavy atom. The average Bonchev–Trinajstić information content (AvgIpc) is 2.38. The number of benzene rings is 1. The second kappa shape index (κ2) is 8.15. The van der Waals surface area contributed by atoms with Crippen molar-refractivity contribution in [3.8, 4) is 5.75 Å². The van der Waals surface area contributed by atoms with Crippen molar-refractivity contribution in [3.63, 3.8) is 0 Å². The van der Waals surface area contributed by atoms with Crippen molar-refractivity contribution >= 4 is 0 Å². The molecule has 0 aliphatic rings. The molecule has 20 heavy (non-hydrogen) atoms. The lowest BCUT2D eigenvalue weighted by Crippen LogP contribution is -2.29. The molecule has 0 heterocycles. The topological polar surface area (TPSA) is 21.3 Å². The second-order valence-corrected chi connectivity index (χ2v) is 4.87. The van der Waals surface area contributed by atoms with Crippen LogP contribution in [0.4, 0.5) is 13.2 Å². The number of ether oxygens (including phenoxy) is 1. The van der Waals surface area contributed by atoms with E-state index in [1.807, 2.05) is 6.92 Å². The number of unbranched alkanes of at least 4 members (excludes halogenated alkanes) is 2. The van der Waals surface area contributed by atoms with Crippen molar-refractivity contribution in [2.75, 3.05) is 13.1 Å². The van der Waals surface area contributed by atoms with Crippen LogP contribution in [0.1, 0.15) is 38.7 Å². The molecule has 0 bridgehead atoms. The van der Waals surface area contributed by atoms with Crippen LogP contribution in [0, 0.1) is 0 Å². The van der Waals surface area contributed by atoms with Gasteiger partial charge in [0.2, 0.25) is 0 Å². The third kappa shape index (κ3) is 6.28. The Morgan fingerprint density at radius 3 is 2.65 bits per heavy atom. The van der Waals surface area contributed by atoms with Crippen LogP contribution in [-0.2, 0) is 6.18 Å². The van der Waals surface area contributed by atoms with Gasteiger partial charge in [0.15, 0.2) is 0 Å². The minimum absolute atomic E-state index is 0.167. The molecular weight excluding hydrogens is 267 g/mol. The summed E-state index contributed by atoms with van der Waals surface area (Å²) in [5.41, 5.74) is -0.682. The van der Waals surface area contributed by atoms with Crippen LogP contribution < -0.4 is 10.1 Å². The number of rotatable bonds is 8. The summed E-state index contributed by atoms with van der Waals surface area (Å²) in [6.45, 7) is 5.51. The molecular formula is C15H22F3NO. The fourth-order valence-electron chi connectivity index (χ4n) is 1.83. The molecule has 0 spiro atoms. The van der Waals surface area contributed by atoms with Gasteiger partial charge in [-0.2, -0.15) is 13.2 Å². The first kappa shape index (κ1) is 16.8. The fraction of sp³-hybridized carbons (Fsp3) is 0.600. The number of alkyl halides is 3. The molecule has 1 unspecified atom stereocenters. The number of nitrogens with one attached hydrogen (secondary N) is 1. The maximum atomic E-state index is 12.6. The maximum Gasteiger partial charge on any atom is 0.416 e. The van der Waals surface area contributed by atoms with Crippen LogP contribution in [0.3, 0.4) is 0 Å². The van der Waals surface area contributed by atoms with Crippen LogP contribution in [-0.4, -0.2) is 19.2 Å². The van der Waals surface area contributed by atoms with E-state index in [9.17, 15) is 13.2 Å². The number of hydrogen-bond acceptors (Lipinski definition) is 2. The Morgan fingerprint density at radius 2 is 2.00 bits per heavy atom. The normalized spacial score (nSPS) is 13.2. The quantitative estimate of drug-likeness (QED) is 0.722. The molecule has 0 saturated heterocycles. The van der Waals surface area contributed by atoms with Gasteiger partial charge in [-0.3, -0.25) is 0 Å². The van der Waals surface area contributed by atoms with Gasteiger partial charge in [-0.25, -0.2) is 0 Å². The van der Waals surface area contributed by atoms with Gasteiger partial charge in [0.25, 0.3) is 0 Å². The summed E-state index contributed by atoms with van der Waals surface area (Å²) in [4.78, 5) is 0. The molecule has 1 aromatic carbocycles. The third-order valence-electron chi connectivity index (χ3n) is 2.89. The van der Waals surface area contributed by atoms with Gasteiger partial charge in [-0.15, -0.1) is 0 Å². The van der Waals surface area contributed by atoms with Gasteiger partial charge >= 0.3 is 6.18 Å². The van der Waals surface area contributed by atoms with Gasteiger partial charge in [0, 0.05) is 6.54 Å². The molecule has 0 radical (unpaired) electrons. The standard InChI is InChI=1S/C15H22F3NO/c1-3-4-5-9-19-11-12(2)20-14-8-6-7-13(10-14)15(16,17)18/h6-8,10,12,19H,3-5,9,11H2,1-2H3. The van der Waals surface area contributed by atoms with Crippen molar-refractivity contribution in [2.24, 2.45) is 0 Å². The van der Waals surface area contributed by atoms with E-state index in [2.05, 4.69) is 12.2 Å². The summed E-state index contributed by atoms with van der Waals surface area (Å²) < 4.78 is 43.2. The first-order valence-corrected chi connectivity index (χ1v) is 6.98. The molecule has 5 heteroatoms. The van der Waals surface area contributed by atoms with E-state index in [0.29, 0.717) is 6.54 Å². The van der Waals surface area contributed by atoms with E-state index in [0.717, 1.165) is 31.5 Å². The second-order valence-electron chi connectivity index (χ2n) is 4.87. The maximum absolute atomic E-state index is 12.6. The predicted molar refractivity (Wildman–Crippen MR) is 73.9 cm³/mol. The molecule has 1 N–H and O–H groups in total. The highest BCUT2D eigenvalue weighted by Crippen LogP contribution is 2.31. The lowest BCUT2D eigenvalue weighted by molar-refractivity contribution is -0.137. The van der Waals surface area contributed by atoms with Gasteiger partial charge in [0.1, 0.15) is 11.9 Å². The van der Waals surface area contributed by atoms with Gasteiger partial charge in [-0.05, 0) is 38.1 Å². The van der Waals surface area contributed by atoms with Crippen molar-refractivity contribution in [2.45, 2.75) is 45.4 Å². The molecule has 1 atom stereocenters. The lowest BCUT2D eigenvalue weighted by Gasteiger charge is -2.16. The van der Waals surface area contributed by atoms with Crippen molar-refractivity contribution in [1.82, 2.24) is 5.32 Å². The van der Waals surface area contributed by atoms with E-state index in [4.69, 9.17) is 4.74 Å². The van der Waals surface area contributed by atoms with Crippen molar-refractivity contribution < 1.29 is 17.9 Å². The monoisotopic (exact) mass is 289 g/mol. The van der Waals surface area contributed by atoms with E-state index in [-0.39, 0.29) is 11.9 Å². The number of hydrogen-bond donors (Lipinski definition) is 1. The molecule has 2 nitrogen and oxygen atoms in total. The van der Waals surface area contributed by atoms with E-state index in [1.54, 1.807) is 6.07 Å². The zero-order valence-electron chi connectivity index (χ0n) is 12.0. The zero-order chi connectivity index (χ0) is 15.0. The van der Waals surface area contributed by atoms with Crippen LogP contribution >= 0.6 is 0 Å². The van der Waals surface area contributed by atoms with Crippen LogP contribution in [0.25, 0.3) is 0 Å². The highest BCUT2D eigenvalue weighted by Gasteiger charge is 2.30. The Kier molecular flexibility index (Phi) is 6.85. The summed E-state index contributed by atoms with van der Waals surface area (Å²) in [5.74, 6) is 0.252. The van der Waals surface area contributed by atoms with Crippen LogP contribution in [0.15, 0.2) is 24.3 Å². The molecule has 1 aromatic rings. The van der Waals surface area contributed by atoms with Crippen LogP contribution in [0.5, 0.6) is 5.75 Å². The Hall–Kier alpha value is -1.23. The molecule has 0 saturated carbocycles. The zero-order valence-corrected chi connectivity index (χ0v) is 12.0. The third-order valence-corrected chi connectivity index (χ3v) is 2.89. The predicted octanol–water partition coefficient (Wildman–Crippen LogP) is 4.25.